The third-order valence-electron chi connectivity index (χ3n) is 6.08. The summed E-state index contributed by atoms with van der Waals surface area (Å²) in [6.07, 6.45) is 4.91. The van der Waals surface area contributed by atoms with Crippen molar-refractivity contribution in [2.24, 2.45) is 11.8 Å². The van der Waals surface area contributed by atoms with Gasteiger partial charge in [-0.3, -0.25) is 4.79 Å². The van der Waals surface area contributed by atoms with Crippen LogP contribution >= 0.6 is 0 Å². The van der Waals surface area contributed by atoms with Crippen molar-refractivity contribution in [3.05, 3.63) is 34.9 Å². The van der Waals surface area contributed by atoms with E-state index in [-0.39, 0.29) is 19.6 Å². The maximum absolute atomic E-state index is 12.9. The second-order valence-electron chi connectivity index (χ2n) is 8.13. The lowest BCUT2D eigenvalue weighted by Crippen LogP contribution is -2.47. The van der Waals surface area contributed by atoms with Crippen molar-refractivity contribution in [1.29, 1.82) is 0 Å². The molecule has 0 amide bonds. The second-order valence-corrected chi connectivity index (χ2v) is 8.13. The molecule has 0 aromatic heterocycles. The molecule has 1 aliphatic heterocycles. The van der Waals surface area contributed by atoms with Crippen molar-refractivity contribution in [2.75, 3.05) is 26.4 Å². The average Bonchev–Trinajstić information content (AvgIpc) is 3.11. The Kier molecular flexibility index (Phi) is 11.0. The molecule has 1 aliphatic carbocycles. The Bertz CT molecular complexity index is 781. The number of allylic oxidation sites excluding steroid dienone is 2. The summed E-state index contributed by atoms with van der Waals surface area (Å²) in [6, 6.07) is 0. The molecule has 8 heteroatoms. The van der Waals surface area contributed by atoms with Crippen molar-refractivity contribution in [3.63, 3.8) is 0 Å². The molecular weight excluding hydrogens is 428 g/mol. The lowest BCUT2D eigenvalue weighted by atomic mass is 9.79. The highest BCUT2D eigenvalue weighted by atomic mass is 16.6. The van der Waals surface area contributed by atoms with Gasteiger partial charge in [0.25, 0.3) is 0 Å². The Hall–Kier alpha value is -2.29. The van der Waals surface area contributed by atoms with Crippen LogP contribution in [-0.2, 0) is 33.3 Å². The summed E-state index contributed by atoms with van der Waals surface area (Å²) in [5.74, 6) is -2.31. The number of aldehydes is 1. The predicted octanol–water partition coefficient (Wildman–Crippen LogP) is 2.69. The Morgan fingerprint density at radius 1 is 1.30 bits per heavy atom. The number of hydrogen-bond acceptors (Lipinski definition) is 8. The van der Waals surface area contributed by atoms with Crippen LogP contribution in [0.3, 0.4) is 0 Å². The van der Waals surface area contributed by atoms with Crippen LogP contribution in [0.2, 0.25) is 0 Å². The number of fused-ring (bicyclic) bond motifs is 1. The molecule has 2 rings (SSSR count). The van der Waals surface area contributed by atoms with Crippen LogP contribution < -0.4 is 0 Å². The maximum atomic E-state index is 12.9. The summed E-state index contributed by atoms with van der Waals surface area (Å²) in [6.45, 7) is 7.67. The fourth-order valence-corrected chi connectivity index (χ4v) is 4.24. The first-order valence-electron chi connectivity index (χ1n) is 11.6. The van der Waals surface area contributed by atoms with Crippen LogP contribution in [0.4, 0.5) is 0 Å². The average molecular weight is 465 g/mol. The highest BCUT2D eigenvalue weighted by molar-refractivity contribution is 5.88. The van der Waals surface area contributed by atoms with Crippen LogP contribution in [0, 0.1) is 11.8 Å². The molecule has 184 valence electrons. The molecule has 0 radical (unpaired) electrons. The summed E-state index contributed by atoms with van der Waals surface area (Å²) in [7, 11) is 0. The second kappa shape index (κ2) is 13.4. The van der Waals surface area contributed by atoms with Gasteiger partial charge in [0.05, 0.1) is 25.0 Å². The first-order valence-corrected chi connectivity index (χ1v) is 11.6. The third-order valence-corrected chi connectivity index (χ3v) is 6.08. The zero-order chi connectivity index (χ0) is 24.4. The fourth-order valence-electron chi connectivity index (χ4n) is 4.24. The molecule has 1 heterocycles. The monoisotopic (exact) mass is 464 g/mol. The van der Waals surface area contributed by atoms with E-state index in [1.807, 2.05) is 19.9 Å². The minimum Gasteiger partial charge on any atom is -0.457 e. The number of ether oxygens (including phenoxy) is 4. The van der Waals surface area contributed by atoms with Gasteiger partial charge in [0, 0.05) is 25.2 Å². The van der Waals surface area contributed by atoms with Crippen molar-refractivity contribution in [3.8, 4) is 0 Å². The third kappa shape index (κ3) is 6.85. The van der Waals surface area contributed by atoms with Gasteiger partial charge in [-0.15, -0.1) is 0 Å². The summed E-state index contributed by atoms with van der Waals surface area (Å²) >= 11 is 0. The topological polar surface area (TPSA) is 108 Å². The predicted molar refractivity (Wildman–Crippen MR) is 121 cm³/mol. The van der Waals surface area contributed by atoms with E-state index < -0.39 is 42.1 Å². The van der Waals surface area contributed by atoms with Crippen LogP contribution in [0.25, 0.3) is 0 Å². The van der Waals surface area contributed by atoms with Gasteiger partial charge < -0.3 is 28.8 Å². The van der Waals surface area contributed by atoms with Crippen LogP contribution in [0.5, 0.6) is 0 Å². The molecule has 8 nitrogen and oxygen atoms in total. The standard InChI is InChI=1S/C25H36O8/c1-5-16(4)24(28)33-23-21-19(15-30-6-2)25(29)32-20(21)13-17(14-27)9-8-10-18(11-12-26)22(23)31-7-3/h5,10,12-13,19-23,27H,6-9,11,14-15H2,1-4H3/b16-5-,17-13+,18-10-/t19-,20+,21-,22-,23-/m0/s1. The highest BCUT2D eigenvalue weighted by Gasteiger charge is 2.52. The zero-order valence-corrected chi connectivity index (χ0v) is 20.0. The van der Waals surface area contributed by atoms with Gasteiger partial charge in [-0.2, -0.15) is 0 Å². The smallest absolute Gasteiger partial charge is 0.333 e. The van der Waals surface area contributed by atoms with Gasteiger partial charge in [-0.1, -0.05) is 12.2 Å². The number of aliphatic hydroxyl groups excluding tert-OH is 1. The Morgan fingerprint density at radius 3 is 2.67 bits per heavy atom. The van der Waals surface area contributed by atoms with Crippen molar-refractivity contribution >= 4 is 18.2 Å². The molecule has 0 bridgehead atoms. The van der Waals surface area contributed by atoms with Crippen LogP contribution in [0.15, 0.2) is 34.9 Å². The summed E-state index contributed by atoms with van der Waals surface area (Å²) < 4.78 is 23.3. The summed E-state index contributed by atoms with van der Waals surface area (Å²) in [5, 5.41) is 9.86. The van der Waals surface area contributed by atoms with Crippen molar-refractivity contribution in [1.82, 2.24) is 0 Å². The maximum Gasteiger partial charge on any atom is 0.333 e. The van der Waals surface area contributed by atoms with Crippen molar-refractivity contribution < 1.29 is 38.4 Å². The van der Waals surface area contributed by atoms with Crippen LogP contribution in [-0.4, -0.2) is 68.1 Å². The van der Waals surface area contributed by atoms with Gasteiger partial charge in [0.15, 0.2) is 0 Å². The molecule has 1 saturated heterocycles. The number of rotatable bonds is 10. The van der Waals surface area contributed by atoms with E-state index in [0.29, 0.717) is 42.8 Å². The van der Waals surface area contributed by atoms with Gasteiger partial charge in [0.1, 0.15) is 24.6 Å². The van der Waals surface area contributed by atoms with Crippen molar-refractivity contribution in [2.45, 2.75) is 65.3 Å². The molecule has 0 saturated carbocycles. The molecule has 0 spiro atoms. The first kappa shape index (κ1) is 27.0. The molecular formula is C25H36O8. The molecule has 1 fully saturated rings. The first-order chi connectivity index (χ1) is 15.9. The van der Waals surface area contributed by atoms with Crippen LogP contribution in [0.1, 0.15) is 47.0 Å². The molecule has 0 aromatic rings. The zero-order valence-electron chi connectivity index (χ0n) is 20.0. The van der Waals surface area contributed by atoms with E-state index in [1.165, 1.54) is 0 Å². The van der Waals surface area contributed by atoms with E-state index in [4.69, 9.17) is 18.9 Å². The molecule has 0 aromatic carbocycles. The number of hydrogen-bond donors (Lipinski definition) is 1. The van der Waals surface area contributed by atoms with Gasteiger partial charge in [0.2, 0.25) is 0 Å². The summed E-state index contributed by atoms with van der Waals surface area (Å²) in [4.78, 5) is 37.2. The minimum absolute atomic E-state index is 0.0982. The van der Waals surface area contributed by atoms with E-state index >= 15 is 0 Å². The lowest BCUT2D eigenvalue weighted by molar-refractivity contribution is -0.159. The number of aliphatic hydroxyl groups is 1. The van der Waals surface area contributed by atoms with E-state index in [1.54, 1.807) is 26.0 Å². The summed E-state index contributed by atoms with van der Waals surface area (Å²) in [5.41, 5.74) is 1.80. The van der Waals surface area contributed by atoms with Gasteiger partial charge in [-0.25, -0.2) is 4.79 Å². The van der Waals surface area contributed by atoms with Gasteiger partial charge >= 0.3 is 11.9 Å². The van der Waals surface area contributed by atoms with E-state index in [2.05, 4.69) is 0 Å². The SMILES string of the molecule is C/C=C(/C)C(=O)O[C@H]1[C@H]2[C@H](COCC)C(=O)O[C@@H]2/C=C(/CO)CC/C=C(/CC=O)[C@@H]1OCC. The van der Waals surface area contributed by atoms with E-state index in [0.717, 1.165) is 6.29 Å². The Balaban J connectivity index is 2.66. The normalized spacial score (nSPS) is 31.5. The molecule has 33 heavy (non-hydrogen) atoms. The molecule has 5 atom stereocenters. The van der Waals surface area contributed by atoms with Gasteiger partial charge in [-0.05, 0) is 57.8 Å². The fraction of sp³-hybridized carbons (Fsp3) is 0.640. The molecule has 1 N–H and O–H groups in total. The number of esters is 2. The Labute approximate surface area is 195 Å². The largest absolute Gasteiger partial charge is 0.457 e. The number of carbonyl (C=O) groups is 3. The quantitative estimate of drug-likeness (QED) is 0.228. The molecule has 0 unspecified atom stereocenters. The highest BCUT2D eigenvalue weighted by Crippen LogP contribution is 2.39. The number of carbonyl (C=O) groups excluding carboxylic acids is 3. The Morgan fingerprint density at radius 2 is 2.06 bits per heavy atom. The lowest BCUT2D eigenvalue weighted by Gasteiger charge is -2.36. The van der Waals surface area contributed by atoms with E-state index in [9.17, 15) is 19.5 Å². The minimum atomic E-state index is -0.908. The molecule has 2 aliphatic rings.